The lowest BCUT2D eigenvalue weighted by atomic mass is 9.93. The van der Waals surface area contributed by atoms with Crippen LogP contribution < -0.4 is 4.90 Å². The predicted octanol–water partition coefficient (Wildman–Crippen LogP) is 2.60. The molecule has 8 heteroatoms. The zero-order chi connectivity index (χ0) is 14.9. The van der Waals surface area contributed by atoms with Crippen LogP contribution in [0, 0.1) is 0 Å². The predicted molar refractivity (Wildman–Crippen MR) is 69.8 cm³/mol. The molecule has 0 aromatic carbocycles. The summed E-state index contributed by atoms with van der Waals surface area (Å²) in [5, 5.41) is 5.87. The van der Waals surface area contributed by atoms with Crippen LogP contribution in [0.4, 0.5) is 19.0 Å². The molecule has 1 N–H and O–H groups in total. The Labute approximate surface area is 119 Å². The number of piperidine rings is 1. The fourth-order valence-electron chi connectivity index (χ4n) is 2.57. The van der Waals surface area contributed by atoms with Crippen molar-refractivity contribution in [3.8, 4) is 0 Å². The molecule has 1 aliphatic rings. The van der Waals surface area contributed by atoms with Gasteiger partial charge >= 0.3 is 6.18 Å². The van der Waals surface area contributed by atoms with Crippen molar-refractivity contribution in [2.75, 3.05) is 18.0 Å². The zero-order valence-electron chi connectivity index (χ0n) is 11.1. The summed E-state index contributed by atoms with van der Waals surface area (Å²) < 4.78 is 37.6. The highest BCUT2D eigenvalue weighted by Gasteiger charge is 2.35. The molecule has 0 amide bonds. The molecule has 0 bridgehead atoms. The van der Waals surface area contributed by atoms with Crippen molar-refractivity contribution in [3.63, 3.8) is 0 Å². The largest absolute Gasteiger partial charge is 0.435 e. The van der Waals surface area contributed by atoms with E-state index in [1.807, 2.05) is 0 Å². The van der Waals surface area contributed by atoms with Gasteiger partial charge in [0.25, 0.3) is 0 Å². The van der Waals surface area contributed by atoms with Gasteiger partial charge in [-0.3, -0.25) is 10.1 Å². The highest BCUT2D eigenvalue weighted by molar-refractivity contribution is 5.36. The fraction of sp³-hybridized carbons (Fsp3) is 0.462. The first-order chi connectivity index (χ1) is 10.0. The normalized spacial score (nSPS) is 17.2. The number of hydrogen-bond acceptors (Lipinski definition) is 4. The number of anilines is 1. The Morgan fingerprint density at radius 2 is 1.95 bits per heavy atom. The molecule has 21 heavy (non-hydrogen) atoms. The van der Waals surface area contributed by atoms with Crippen molar-refractivity contribution < 1.29 is 13.2 Å². The maximum atomic E-state index is 12.5. The second-order valence-electron chi connectivity index (χ2n) is 5.03. The van der Waals surface area contributed by atoms with Gasteiger partial charge in [-0.05, 0) is 18.9 Å². The first kappa shape index (κ1) is 13.8. The summed E-state index contributed by atoms with van der Waals surface area (Å²) in [6.45, 7) is 1.48. The number of nitrogens with zero attached hydrogens (tertiary/aromatic N) is 4. The lowest BCUT2D eigenvalue weighted by Gasteiger charge is -2.31. The molecule has 2 aromatic rings. The van der Waals surface area contributed by atoms with Crippen molar-refractivity contribution in [2.45, 2.75) is 24.9 Å². The molecular formula is C13H14F3N5. The topological polar surface area (TPSA) is 57.7 Å². The number of aromatic amines is 1. The van der Waals surface area contributed by atoms with Gasteiger partial charge in [0.2, 0.25) is 0 Å². The molecule has 112 valence electrons. The lowest BCUT2D eigenvalue weighted by molar-refractivity contribution is -0.141. The van der Waals surface area contributed by atoms with E-state index in [0.29, 0.717) is 5.69 Å². The summed E-state index contributed by atoms with van der Waals surface area (Å²) in [7, 11) is 0. The van der Waals surface area contributed by atoms with E-state index >= 15 is 0 Å². The van der Waals surface area contributed by atoms with E-state index in [0.717, 1.165) is 37.8 Å². The zero-order valence-corrected chi connectivity index (χ0v) is 11.1. The minimum Gasteiger partial charge on any atom is -0.355 e. The molecular weight excluding hydrogens is 283 g/mol. The van der Waals surface area contributed by atoms with Crippen LogP contribution in [0.5, 0.6) is 0 Å². The summed E-state index contributed by atoms with van der Waals surface area (Å²) in [6, 6.07) is 1.11. The second-order valence-corrected chi connectivity index (χ2v) is 5.03. The summed E-state index contributed by atoms with van der Waals surface area (Å²) >= 11 is 0. The Morgan fingerprint density at radius 1 is 1.19 bits per heavy atom. The SMILES string of the molecule is FC(F)(F)c1cc(C2CCN(c3cnccn3)CC2)[nH]n1. The third kappa shape index (κ3) is 2.98. The Hall–Kier alpha value is -2.12. The number of nitrogens with one attached hydrogen (secondary N) is 1. The third-order valence-electron chi connectivity index (χ3n) is 3.70. The van der Waals surface area contributed by atoms with Gasteiger partial charge in [-0.2, -0.15) is 18.3 Å². The minimum absolute atomic E-state index is 0.0709. The van der Waals surface area contributed by atoms with Crippen LogP contribution in [-0.4, -0.2) is 33.3 Å². The van der Waals surface area contributed by atoms with E-state index in [9.17, 15) is 13.2 Å². The van der Waals surface area contributed by atoms with Crippen molar-refractivity contribution in [2.24, 2.45) is 0 Å². The molecule has 2 aromatic heterocycles. The molecule has 0 saturated carbocycles. The van der Waals surface area contributed by atoms with E-state index in [1.54, 1.807) is 18.6 Å². The number of aromatic nitrogens is 4. The molecule has 0 spiro atoms. The standard InChI is InChI=1S/C13H14F3N5/c14-13(15,16)11-7-10(19-20-11)9-1-5-21(6-2-9)12-8-17-3-4-18-12/h3-4,7-9H,1-2,5-6H2,(H,19,20). The van der Waals surface area contributed by atoms with Crippen molar-refractivity contribution in [1.29, 1.82) is 0 Å². The minimum atomic E-state index is -4.39. The van der Waals surface area contributed by atoms with Gasteiger partial charge in [-0.25, -0.2) is 4.98 Å². The van der Waals surface area contributed by atoms with Crippen LogP contribution in [0.15, 0.2) is 24.7 Å². The first-order valence-electron chi connectivity index (χ1n) is 6.67. The average Bonchev–Trinajstić information content (AvgIpc) is 2.98. The van der Waals surface area contributed by atoms with E-state index < -0.39 is 11.9 Å². The summed E-state index contributed by atoms with van der Waals surface area (Å²) in [5.41, 5.74) is -0.296. The van der Waals surface area contributed by atoms with Crippen LogP contribution in [0.2, 0.25) is 0 Å². The number of rotatable bonds is 2. The van der Waals surface area contributed by atoms with Crippen molar-refractivity contribution in [1.82, 2.24) is 20.2 Å². The molecule has 3 rings (SSSR count). The Bertz CT molecular complexity index is 587. The van der Waals surface area contributed by atoms with Crippen LogP contribution >= 0.6 is 0 Å². The number of alkyl halides is 3. The monoisotopic (exact) mass is 297 g/mol. The van der Waals surface area contributed by atoms with Gasteiger partial charge in [0.15, 0.2) is 5.69 Å². The number of halogens is 3. The fourth-order valence-corrected chi connectivity index (χ4v) is 2.57. The van der Waals surface area contributed by atoms with Gasteiger partial charge in [0.05, 0.1) is 6.20 Å². The third-order valence-corrected chi connectivity index (χ3v) is 3.70. The lowest BCUT2D eigenvalue weighted by Crippen LogP contribution is -2.33. The van der Waals surface area contributed by atoms with E-state index in [2.05, 4.69) is 25.1 Å². The summed E-state index contributed by atoms with van der Waals surface area (Å²) in [4.78, 5) is 10.3. The number of H-pyrrole nitrogens is 1. The Kier molecular flexibility index (Phi) is 3.52. The van der Waals surface area contributed by atoms with Gasteiger partial charge in [0.1, 0.15) is 5.82 Å². The molecule has 3 heterocycles. The van der Waals surface area contributed by atoms with Gasteiger partial charge in [-0.1, -0.05) is 0 Å². The molecule has 0 aliphatic carbocycles. The van der Waals surface area contributed by atoms with Gasteiger partial charge in [-0.15, -0.1) is 0 Å². The van der Waals surface area contributed by atoms with Crippen LogP contribution in [-0.2, 0) is 6.18 Å². The quantitative estimate of drug-likeness (QED) is 0.925. The molecule has 5 nitrogen and oxygen atoms in total. The van der Waals surface area contributed by atoms with Crippen molar-refractivity contribution >= 4 is 5.82 Å². The maximum Gasteiger partial charge on any atom is 0.435 e. The van der Waals surface area contributed by atoms with Gasteiger partial charge in [0, 0.05) is 37.1 Å². The highest BCUT2D eigenvalue weighted by Crippen LogP contribution is 2.33. The van der Waals surface area contributed by atoms with Crippen LogP contribution in [0.3, 0.4) is 0 Å². The average molecular weight is 297 g/mol. The Balaban J connectivity index is 1.65. The van der Waals surface area contributed by atoms with E-state index in [1.165, 1.54) is 0 Å². The van der Waals surface area contributed by atoms with E-state index in [-0.39, 0.29) is 5.92 Å². The Morgan fingerprint density at radius 3 is 2.52 bits per heavy atom. The highest BCUT2D eigenvalue weighted by atomic mass is 19.4. The molecule has 1 fully saturated rings. The molecule has 0 atom stereocenters. The van der Waals surface area contributed by atoms with Crippen LogP contribution in [0.25, 0.3) is 0 Å². The molecule has 1 aliphatic heterocycles. The van der Waals surface area contributed by atoms with Gasteiger partial charge < -0.3 is 4.90 Å². The number of hydrogen-bond donors (Lipinski definition) is 1. The molecule has 0 radical (unpaired) electrons. The van der Waals surface area contributed by atoms with Crippen molar-refractivity contribution in [3.05, 3.63) is 36.0 Å². The summed E-state index contributed by atoms with van der Waals surface area (Å²) in [5.74, 6) is 0.873. The smallest absolute Gasteiger partial charge is 0.355 e. The van der Waals surface area contributed by atoms with E-state index in [4.69, 9.17) is 0 Å². The second kappa shape index (κ2) is 5.34. The molecule has 0 unspecified atom stereocenters. The van der Waals surface area contributed by atoms with Crippen LogP contribution in [0.1, 0.15) is 30.1 Å². The maximum absolute atomic E-state index is 12.5. The molecule has 1 saturated heterocycles. The first-order valence-corrected chi connectivity index (χ1v) is 6.67. The summed E-state index contributed by atoms with van der Waals surface area (Å²) in [6.07, 6.45) is 2.06.